The molecular formula is C14H27NO3. The third-order valence-electron chi connectivity index (χ3n) is 4.16. The first-order valence-corrected chi connectivity index (χ1v) is 7.03. The van der Waals surface area contributed by atoms with Crippen LogP contribution in [0.5, 0.6) is 0 Å². The predicted molar refractivity (Wildman–Crippen MR) is 71.6 cm³/mol. The molecule has 2 N–H and O–H groups in total. The third-order valence-corrected chi connectivity index (χ3v) is 4.16. The van der Waals surface area contributed by atoms with Gasteiger partial charge in [0.05, 0.1) is 11.0 Å². The molecule has 0 amide bonds. The number of β-amino-alcohol motifs (C(OH)–C–C–N with tert-alkyl or cyclic N) is 1. The zero-order chi connectivity index (χ0) is 13.8. The summed E-state index contributed by atoms with van der Waals surface area (Å²) in [5.41, 5.74) is -1.31. The first kappa shape index (κ1) is 15.4. The van der Waals surface area contributed by atoms with Crippen molar-refractivity contribution >= 4 is 5.97 Å². The van der Waals surface area contributed by atoms with Gasteiger partial charge in [-0.1, -0.05) is 20.3 Å². The lowest BCUT2D eigenvalue weighted by Crippen LogP contribution is -2.51. The van der Waals surface area contributed by atoms with Crippen LogP contribution < -0.4 is 0 Å². The minimum Gasteiger partial charge on any atom is -0.481 e. The molecule has 18 heavy (non-hydrogen) atoms. The van der Waals surface area contributed by atoms with Crippen LogP contribution in [0.25, 0.3) is 0 Å². The fraction of sp³-hybridized carbons (Fsp3) is 0.929. The highest BCUT2D eigenvalue weighted by Gasteiger charge is 2.42. The van der Waals surface area contributed by atoms with Gasteiger partial charge < -0.3 is 10.2 Å². The molecule has 4 heteroatoms. The summed E-state index contributed by atoms with van der Waals surface area (Å²) in [5.74, 6) is -0.676. The van der Waals surface area contributed by atoms with E-state index in [0.29, 0.717) is 19.5 Å². The Hall–Kier alpha value is -0.610. The zero-order valence-electron chi connectivity index (χ0n) is 11.9. The summed E-state index contributed by atoms with van der Waals surface area (Å²) >= 11 is 0. The molecule has 0 bridgehead atoms. The number of hydrogen-bond donors (Lipinski definition) is 2. The van der Waals surface area contributed by atoms with Crippen LogP contribution >= 0.6 is 0 Å². The number of aliphatic carboxylic acids is 1. The smallest absolute Gasteiger partial charge is 0.310 e. The number of piperidine rings is 1. The van der Waals surface area contributed by atoms with Crippen molar-refractivity contribution < 1.29 is 15.0 Å². The first-order chi connectivity index (χ1) is 8.35. The molecule has 1 saturated heterocycles. The maximum atomic E-state index is 11.6. The Kier molecular flexibility index (Phi) is 5.17. The minimum absolute atomic E-state index is 0.572. The second-order valence-corrected chi connectivity index (χ2v) is 6.00. The molecule has 0 radical (unpaired) electrons. The van der Waals surface area contributed by atoms with E-state index in [0.717, 1.165) is 32.2 Å². The van der Waals surface area contributed by atoms with Gasteiger partial charge in [-0.05, 0) is 39.2 Å². The Labute approximate surface area is 110 Å². The Morgan fingerprint density at radius 1 is 1.44 bits per heavy atom. The highest BCUT2D eigenvalue weighted by Crippen LogP contribution is 2.35. The number of aliphatic hydroxyl groups is 1. The van der Waals surface area contributed by atoms with E-state index in [1.54, 1.807) is 0 Å². The summed E-state index contributed by atoms with van der Waals surface area (Å²) < 4.78 is 0. The topological polar surface area (TPSA) is 60.8 Å². The average molecular weight is 257 g/mol. The van der Waals surface area contributed by atoms with Gasteiger partial charge in [-0.15, -0.1) is 0 Å². The van der Waals surface area contributed by atoms with E-state index in [9.17, 15) is 15.0 Å². The van der Waals surface area contributed by atoms with Crippen LogP contribution in [-0.4, -0.2) is 46.3 Å². The molecule has 2 unspecified atom stereocenters. The van der Waals surface area contributed by atoms with Gasteiger partial charge in [0.1, 0.15) is 0 Å². The van der Waals surface area contributed by atoms with Crippen molar-refractivity contribution in [3.05, 3.63) is 0 Å². The van der Waals surface area contributed by atoms with Crippen LogP contribution in [0.2, 0.25) is 0 Å². The fourth-order valence-electron chi connectivity index (χ4n) is 2.92. The van der Waals surface area contributed by atoms with Gasteiger partial charge in [-0.2, -0.15) is 0 Å². The standard InChI is InChI=1S/C14H27NO3/c1-4-7-14(12(16)17)8-6-9-15(11-14)10-13(3,18)5-2/h18H,4-11H2,1-3H3,(H,16,17). The number of carbonyl (C=O) groups is 1. The maximum absolute atomic E-state index is 11.6. The van der Waals surface area contributed by atoms with Crippen LogP contribution in [0.4, 0.5) is 0 Å². The Morgan fingerprint density at radius 3 is 2.61 bits per heavy atom. The van der Waals surface area contributed by atoms with E-state index >= 15 is 0 Å². The Balaban J connectivity index is 2.72. The van der Waals surface area contributed by atoms with Crippen LogP contribution in [0.3, 0.4) is 0 Å². The number of carboxylic acids is 1. The highest BCUT2D eigenvalue weighted by atomic mass is 16.4. The molecule has 0 spiro atoms. The first-order valence-electron chi connectivity index (χ1n) is 7.03. The van der Waals surface area contributed by atoms with Crippen molar-refractivity contribution in [2.75, 3.05) is 19.6 Å². The number of hydrogen-bond acceptors (Lipinski definition) is 3. The summed E-state index contributed by atoms with van der Waals surface area (Å²) in [7, 11) is 0. The van der Waals surface area contributed by atoms with E-state index in [4.69, 9.17) is 0 Å². The maximum Gasteiger partial charge on any atom is 0.310 e. The van der Waals surface area contributed by atoms with Crippen molar-refractivity contribution in [2.24, 2.45) is 5.41 Å². The lowest BCUT2D eigenvalue weighted by molar-refractivity contribution is -0.154. The summed E-state index contributed by atoms with van der Waals surface area (Å²) in [5, 5.41) is 19.6. The van der Waals surface area contributed by atoms with E-state index in [2.05, 4.69) is 4.90 Å². The quantitative estimate of drug-likeness (QED) is 0.765. The molecule has 0 aromatic heterocycles. The molecule has 1 aliphatic heterocycles. The van der Waals surface area contributed by atoms with Crippen LogP contribution in [-0.2, 0) is 4.79 Å². The summed E-state index contributed by atoms with van der Waals surface area (Å²) in [6.45, 7) is 7.86. The van der Waals surface area contributed by atoms with E-state index in [-0.39, 0.29) is 0 Å². The largest absolute Gasteiger partial charge is 0.481 e. The lowest BCUT2D eigenvalue weighted by atomic mass is 9.76. The molecule has 1 fully saturated rings. The van der Waals surface area contributed by atoms with Gasteiger partial charge in [-0.25, -0.2) is 0 Å². The van der Waals surface area contributed by atoms with E-state index < -0.39 is 17.0 Å². The van der Waals surface area contributed by atoms with Gasteiger partial charge in [0.15, 0.2) is 0 Å². The van der Waals surface area contributed by atoms with Crippen LogP contribution in [0.1, 0.15) is 52.9 Å². The molecule has 1 heterocycles. The molecule has 106 valence electrons. The van der Waals surface area contributed by atoms with Crippen molar-refractivity contribution in [2.45, 2.75) is 58.5 Å². The third kappa shape index (κ3) is 3.69. The molecule has 0 aromatic rings. The summed E-state index contributed by atoms with van der Waals surface area (Å²) in [6.07, 6.45) is 3.99. The number of rotatable bonds is 6. The number of likely N-dealkylation sites (tertiary alicyclic amines) is 1. The number of carboxylic acid groups (broad SMARTS) is 1. The fourth-order valence-corrected chi connectivity index (χ4v) is 2.92. The molecular weight excluding hydrogens is 230 g/mol. The molecule has 0 aliphatic carbocycles. The minimum atomic E-state index is -0.714. The van der Waals surface area contributed by atoms with E-state index in [1.807, 2.05) is 20.8 Å². The van der Waals surface area contributed by atoms with Crippen molar-refractivity contribution in [1.82, 2.24) is 4.90 Å². The second kappa shape index (κ2) is 6.02. The summed E-state index contributed by atoms with van der Waals surface area (Å²) in [6, 6.07) is 0. The normalized spacial score (nSPS) is 28.9. The van der Waals surface area contributed by atoms with Gasteiger partial charge in [0.2, 0.25) is 0 Å². The molecule has 0 aromatic carbocycles. The second-order valence-electron chi connectivity index (χ2n) is 6.00. The van der Waals surface area contributed by atoms with Gasteiger partial charge in [0.25, 0.3) is 0 Å². The Bertz CT molecular complexity index is 287. The van der Waals surface area contributed by atoms with Crippen LogP contribution in [0.15, 0.2) is 0 Å². The van der Waals surface area contributed by atoms with Crippen molar-refractivity contribution in [3.8, 4) is 0 Å². The monoisotopic (exact) mass is 257 g/mol. The van der Waals surface area contributed by atoms with Gasteiger partial charge >= 0.3 is 5.97 Å². The molecule has 2 atom stereocenters. The summed E-state index contributed by atoms with van der Waals surface area (Å²) in [4.78, 5) is 13.7. The molecule has 0 saturated carbocycles. The van der Waals surface area contributed by atoms with E-state index in [1.165, 1.54) is 0 Å². The molecule has 1 aliphatic rings. The van der Waals surface area contributed by atoms with Crippen molar-refractivity contribution in [3.63, 3.8) is 0 Å². The predicted octanol–water partition coefficient (Wildman–Crippen LogP) is 2.11. The highest BCUT2D eigenvalue weighted by molar-refractivity contribution is 5.75. The zero-order valence-corrected chi connectivity index (χ0v) is 11.9. The lowest BCUT2D eigenvalue weighted by Gasteiger charge is -2.42. The van der Waals surface area contributed by atoms with Gasteiger partial charge in [0, 0.05) is 13.1 Å². The Morgan fingerprint density at radius 2 is 2.11 bits per heavy atom. The van der Waals surface area contributed by atoms with Gasteiger partial charge in [-0.3, -0.25) is 9.69 Å². The van der Waals surface area contributed by atoms with Crippen molar-refractivity contribution in [1.29, 1.82) is 0 Å². The van der Waals surface area contributed by atoms with Crippen LogP contribution in [0, 0.1) is 5.41 Å². The average Bonchev–Trinajstić information content (AvgIpc) is 2.29. The SMILES string of the molecule is CCCC1(C(=O)O)CCCN(CC(C)(O)CC)C1. The molecule has 1 rings (SSSR count). The number of nitrogens with zero attached hydrogens (tertiary/aromatic N) is 1. The molecule has 4 nitrogen and oxygen atoms in total.